The Kier molecular flexibility index (Phi) is 5.71. The monoisotopic (exact) mass is 366 g/mol. The van der Waals surface area contributed by atoms with Crippen LogP contribution in [0, 0.1) is 0 Å². The first kappa shape index (κ1) is 18.4. The number of anilines is 1. The zero-order valence-corrected chi connectivity index (χ0v) is 15.5. The number of nitrogens with zero attached hydrogens (tertiary/aromatic N) is 3. The predicted octanol–water partition coefficient (Wildman–Crippen LogP) is 4.02. The number of nitrogens with one attached hydrogen (secondary N) is 1. The van der Waals surface area contributed by atoms with Gasteiger partial charge in [0, 0.05) is 42.5 Å². The molecular formula is C20H22N4O3. The molecule has 0 saturated heterocycles. The van der Waals surface area contributed by atoms with Crippen molar-refractivity contribution in [2.24, 2.45) is 7.05 Å². The normalized spacial score (nSPS) is 10.7. The number of hydrogen-bond donors (Lipinski definition) is 1. The number of ether oxygens (including phenoxy) is 2. The maximum atomic E-state index is 11.9. The van der Waals surface area contributed by atoms with Gasteiger partial charge >= 0.3 is 6.09 Å². The second-order valence-electron chi connectivity index (χ2n) is 6.28. The van der Waals surface area contributed by atoms with E-state index < -0.39 is 6.09 Å². The number of pyridine rings is 1. The first-order valence-corrected chi connectivity index (χ1v) is 8.64. The number of aromatic nitrogens is 3. The summed E-state index contributed by atoms with van der Waals surface area (Å²) in [4.78, 5) is 16.0. The third-order valence-electron chi connectivity index (χ3n) is 3.78. The van der Waals surface area contributed by atoms with Gasteiger partial charge in [0.2, 0.25) is 0 Å². The van der Waals surface area contributed by atoms with E-state index in [0.29, 0.717) is 18.0 Å². The third-order valence-corrected chi connectivity index (χ3v) is 3.78. The van der Waals surface area contributed by atoms with Crippen LogP contribution in [0.1, 0.15) is 19.4 Å². The van der Waals surface area contributed by atoms with Crippen LogP contribution in [-0.4, -0.2) is 27.0 Å². The van der Waals surface area contributed by atoms with E-state index in [2.05, 4.69) is 15.4 Å². The molecule has 3 aromatic rings. The second-order valence-corrected chi connectivity index (χ2v) is 6.28. The van der Waals surface area contributed by atoms with E-state index in [4.69, 9.17) is 9.47 Å². The van der Waals surface area contributed by atoms with E-state index in [1.807, 2.05) is 37.4 Å². The molecule has 1 amide bonds. The summed E-state index contributed by atoms with van der Waals surface area (Å²) in [7, 11) is 1.85. The zero-order valence-electron chi connectivity index (χ0n) is 15.5. The van der Waals surface area contributed by atoms with Gasteiger partial charge in [0.1, 0.15) is 12.4 Å². The van der Waals surface area contributed by atoms with Crippen molar-refractivity contribution >= 4 is 11.8 Å². The fourth-order valence-electron chi connectivity index (χ4n) is 2.58. The number of carbonyl (C=O) groups is 1. The molecule has 3 rings (SSSR count). The molecule has 140 valence electrons. The van der Waals surface area contributed by atoms with Gasteiger partial charge in [0.05, 0.1) is 11.8 Å². The molecular weight excluding hydrogens is 344 g/mol. The van der Waals surface area contributed by atoms with E-state index in [1.54, 1.807) is 43.2 Å². The van der Waals surface area contributed by atoms with Crippen molar-refractivity contribution < 1.29 is 14.3 Å². The topological polar surface area (TPSA) is 78.3 Å². The van der Waals surface area contributed by atoms with E-state index in [9.17, 15) is 4.79 Å². The fraction of sp³-hybridized carbons (Fsp3) is 0.250. The van der Waals surface area contributed by atoms with E-state index >= 15 is 0 Å². The van der Waals surface area contributed by atoms with Crippen LogP contribution < -0.4 is 10.1 Å². The molecule has 0 spiro atoms. The largest absolute Gasteiger partial charge is 0.488 e. The smallest absolute Gasteiger partial charge is 0.411 e. The molecule has 2 heterocycles. The first-order valence-electron chi connectivity index (χ1n) is 8.64. The van der Waals surface area contributed by atoms with Crippen LogP contribution in [0.4, 0.5) is 10.5 Å². The summed E-state index contributed by atoms with van der Waals surface area (Å²) in [5.41, 5.74) is 3.28. The Bertz CT molecular complexity index is 907. The Balaban J connectivity index is 1.86. The highest BCUT2D eigenvalue weighted by Crippen LogP contribution is 2.33. The highest BCUT2D eigenvalue weighted by atomic mass is 16.6. The number of aryl methyl sites for hydroxylation is 1. The van der Waals surface area contributed by atoms with Crippen molar-refractivity contribution in [2.75, 3.05) is 5.32 Å². The molecule has 0 unspecified atom stereocenters. The number of amides is 1. The van der Waals surface area contributed by atoms with Crippen molar-refractivity contribution in [1.29, 1.82) is 0 Å². The molecule has 7 heteroatoms. The van der Waals surface area contributed by atoms with Crippen LogP contribution >= 0.6 is 0 Å². The van der Waals surface area contributed by atoms with Gasteiger partial charge in [0.15, 0.2) is 0 Å². The number of benzene rings is 1. The number of rotatable bonds is 6. The molecule has 1 aromatic carbocycles. The fourth-order valence-corrected chi connectivity index (χ4v) is 2.58. The molecule has 0 aliphatic heterocycles. The Morgan fingerprint density at radius 1 is 1.22 bits per heavy atom. The second kappa shape index (κ2) is 8.35. The van der Waals surface area contributed by atoms with Crippen molar-refractivity contribution in [3.8, 4) is 17.0 Å². The highest BCUT2D eigenvalue weighted by molar-refractivity contribution is 5.86. The molecule has 0 saturated carbocycles. The molecule has 0 atom stereocenters. The highest BCUT2D eigenvalue weighted by Gasteiger charge is 2.13. The Hall–Kier alpha value is -3.35. The van der Waals surface area contributed by atoms with Crippen LogP contribution in [0.2, 0.25) is 0 Å². The van der Waals surface area contributed by atoms with Gasteiger partial charge in [-0.25, -0.2) is 4.79 Å². The molecule has 0 aliphatic rings. The summed E-state index contributed by atoms with van der Waals surface area (Å²) in [5.74, 6) is 0.685. The zero-order chi connectivity index (χ0) is 19.2. The van der Waals surface area contributed by atoms with Gasteiger partial charge in [0.25, 0.3) is 0 Å². The van der Waals surface area contributed by atoms with Gasteiger partial charge in [-0.05, 0) is 44.2 Å². The van der Waals surface area contributed by atoms with Crippen LogP contribution in [0.5, 0.6) is 5.75 Å². The maximum absolute atomic E-state index is 11.9. The van der Waals surface area contributed by atoms with Crippen molar-refractivity contribution in [3.05, 3.63) is 60.6 Å². The molecule has 0 bridgehead atoms. The average Bonchev–Trinajstić information content (AvgIpc) is 3.06. The molecule has 0 radical (unpaired) electrons. The van der Waals surface area contributed by atoms with Gasteiger partial charge < -0.3 is 9.47 Å². The van der Waals surface area contributed by atoms with Crippen LogP contribution in [-0.2, 0) is 18.4 Å². The molecule has 27 heavy (non-hydrogen) atoms. The van der Waals surface area contributed by atoms with Crippen molar-refractivity contribution in [2.45, 2.75) is 26.6 Å². The number of carbonyl (C=O) groups excluding carboxylic acids is 1. The maximum Gasteiger partial charge on any atom is 0.411 e. The van der Waals surface area contributed by atoms with Gasteiger partial charge in [-0.2, -0.15) is 5.10 Å². The van der Waals surface area contributed by atoms with Crippen molar-refractivity contribution in [1.82, 2.24) is 14.8 Å². The lowest BCUT2D eigenvalue weighted by atomic mass is 10.1. The minimum atomic E-state index is -0.495. The summed E-state index contributed by atoms with van der Waals surface area (Å²) in [6.45, 7) is 3.99. The Labute approximate surface area is 158 Å². The van der Waals surface area contributed by atoms with Gasteiger partial charge in [-0.3, -0.25) is 15.0 Å². The molecule has 7 nitrogen and oxygen atoms in total. The average molecular weight is 366 g/mol. The van der Waals surface area contributed by atoms with E-state index in [1.165, 1.54) is 0 Å². The molecule has 2 aromatic heterocycles. The van der Waals surface area contributed by atoms with Crippen LogP contribution in [0.15, 0.2) is 55.0 Å². The lowest BCUT2D eigenvalue weighted by Gasteiger charge is -2.15. The number of hydrogen-bond acceptors (Lipinski definition) is 5. The summed E-state index contributed by atoms with van der Waals surface area (Å²) in [6, 6.07) is 11.2. The van der Waals surface area contributed by atoms with Crippen LogP contribution in [0.3, 0.4) is 0 Å². The summed E-state index contributed by atoms with van der Waals surface area (Å²) in [5, 5.41) is 6.96. The lowest BCUT2D eigenvalue weighted by Crippen LogP contribution is -2.18. The lowest BCUT2D eigenvalue weighted by molar-refractivity contribution is 0.130. The van der Waals surface area contributed by atoms with Crippen LogP contribution in [0.25, 0.3) is 11.3 Å². The van der Waals surface area contributed by atoms with Gasteiger partial charge in [-0.1, -0.05) is 6.07 Å². The van der Waals surface area contributed by atoms with E-state index in [0.717, 1.165) is 16.8 Å². The minimum absolute atomic E-state index is 0.191. The van der Waals surface area contributed by atoms with E-state index in [-0.39, 0.29) is 6.10 Å². The molecule has 0 aliphatic carbocycles. The van der Waals surface area contributed by atoms with Crippen molar-refractivity contribution in [3.63, 3.8) is 0 Å². The Morgan fingerprint density at radius 3 is 2.74 bits per heavy atom. The predicted molar refractivity (Wildman–Crippen MR) is 102 cm³/mol. The third kappa shape index (κ3) is 4.84. The standard InChI is InChI=1S/C20H22N4O3/c1-14(2)27-20(25)23-16-6-7-19(26-13-15-5-4-9-21-12-15)17(11-16)18-8-10-22-24(18)3/h4-12,14H,13H2,1-3H3,(H,23,25). The first-order chi connectivity index (χ1) is 13.0. The Morgan fingerprint density at radius 2 is 2.07 bits per heavy atom. The molecule has 1 N–H and O–H groups in total. The SMILES string of the molecule is CC(C)OC(=O)Nc1ccc(OCc2cccnc2)c(-c2ccnn2C)c1. The van der Waals surface area contributed by atoms with Gasteiger partial charge in [-0.15, -0.1) is 0 Å². The quantitative estimate of drug-likeness (QED) is 0.713. The molecule has 0 fully saturated rings. The minimum Gasteiger partial charge on any atom is -0.488 e. The summed E-state index contributed by atoms with van der Waals surface area (Å²) >= 11 is 0. The summed E-state index contributed by atoms with van der Waals surface area (Å²) < 4.78 is 12.9. The summed E-state index contributed by atoms with van der Waals surface area (Å²) in [6.07, 6.45) is 4.52.